The summed E-state index contributed by atoms with van der Waals surface area (Å²) in [5, 5.41) is 2.83. The van der Waals surface area contributed by atoms with Crippen molar-refractivity contribution in [3.05, 3.63) is 94.5 Å². The number of rotatable bonds is 12. The van der Waals surface area contributed by atoms with E-state index in [0.717, 1.165) is 26.2 Å². The van der Waals surface area contributed by atoms with Crippen LogP contribution in [0.1, 0.15) is 31.9 Å². The van der Waals surface area contributed by atoms with Gasteiger partial charge in [-0.25, -0.2) is 8.42 Å². The molecule has 0 saturated heterocycles. The van der Waals surface area contributed by atoms with Crippen LogP contribution in [0.25, 0.3) is 0 Å². The smallest absolute Gasteiger partial charge is 0.244 e. The summed E-state index contributed by atoms with van der Waals surface area (Å²) in [6.07, 6.45) is 1.05. The molecule has 1 atom stereocenters. The highest BCUT2D eigenvalue weighted by Gasteiger charge is 2.30. The van der Waals surface area contributed by atoms with Gasteiger partial charge in [0.25, 0.3) is 0 Å². The average molecular weight is 617 g/mol. The zero-order valence-electron chi connectivity index (χ0n) is 22.5. The van der Waals surface area contributed by atoms with Crippen LogP contribution in [-0.2, 0) is 32.8 Å². The Morgan fingerprint density at radius 2 is 1.51 bits per heavy atom. The Labute approximate surface area is 239 Å². The quantitative estimate of drug-likeness (QED) is 0.318. The molecule has 1 unspecified atom stereocenters. The minimum atomic E-state index is -3.82. The minimum absolute atomic E-state index is 0.111. The van der Waals surface area contributed by atoms with Crippen LogP contribution < -0.4 is 14.4 Å². The number of sulfonamides is 1. The van der Waals surface area contributed by atoms with Gasteiger partial charge in [-0.15, -0.1) is 0 Å². The number of carbonyl (C=O) groups is 2. The first-order valence-corrected chi connectivity index (χ1v) is 15.2. The van der Waals surface area contributed by atoms with Gasteiger partial charge in [-0.3, -0.25) is 13.9 Å². The Hall–Kier alpha value is -3.37. The fraction of sp³-hybridized carbons (Fsp3) is 0.310. The van der Waals surface area contributed by atoms with Crippen LogP contribution in [0.15, 0.2) is 83.3 Å². The molecule has 0 fully saturated rings. The average Bonchev–Trinajstić information content (AvgIpc) is 2.89. The number of hydrogen-bond donors (Lipinski definition) is 1. The number of nitrogens with one attached hydrogen (secondary N) is 1. The number of hydrogen-bond acceptors (Lipinski definition) is 5. The predicted molar refractivity (Wildman–Crippen MR) is 157 cm³/mol. The van der Waals surface area contributed by atoms with E-state index in [2.05, 4.69) is 21.2 Å². The standard InChI is InChI=1S/C29H34BrN3O5S/c1-21(2)31-29(35)22(3)32(18-23-10-12-25(30)13-11-23)28(34)19-33(39(4,36)37)26-14-16-27(17-15-26)38-20-24-8-6-5-7-9-24/h5-17,21-22H,18-20H2,1-4H3,(H,31,35). The molecule has 0 spiro atoms. The number of nitrogens with zero attached hydrogens (tertiary/aromatic N) is 2. The highest BCUT2D eigenvalue weighted by Crippen LogP contribution is 2.23. The van der Waals surface area contributed by atoms with Crippen LogP contribution in [0.3, 0.4) is 0 Å². The summed E-state index contributed by atoms with van der Waals surface area (Å²) in [6.45, 7) is 5.36. The van der Waals surface area contributed by atoms with Crippen LogP contribution in [0.4, 0.5) is 5.69 Å². The molecule has 10 heteroatoms. The molecular formula is C29H34BrN3O5S. The second-order valence-electron chi connectivity index (χ2n) is 9.53. The molecule has 1 N–H and O–H groups in total. The third-order valence-electron chi connectivity index (χ3n) is 5.92. The number of carbonyl (C=O) groups excluding carboxylic acids is 2. The van der Waals surface area contributed by atoms with E-state index < -0.39 is 28.5 Å². The third-order valence-corrected chi connectivity index (χ3v) is 7.59. The summed E-state index contributed by atoms with van der Waals surface area (Å²) in [7, 11) is -3.82. The number of benzene rings is 3. The highest BCUT2D eigenvalue weighted by atomic mass is 79.9. The van der Waals surface area contributed by atoms with Crippen molar-refractivity contribution in [1.82, 2.24) is 10.2 Å². The first-order chi connectivity index (χ1) is 18.4. The van der Waals surface area contributed by atoms with Crippen LogP contribution in [0.5, 0.6) is 5.75 Å². The maximum absolute atomic E-state index is 13.6. The lowest BCUT2D eigenvalue weighted by molar-refractivity contribution is -0.139. The van der Waals surface area contributed by atoms with Crippen LogP contribution in [0.2, 0.25) is 0 Å². The molecule has 3 aromatic carbocycles. The van der Waals surface area contributed by atoms with E-state index in [1.54, 1.807) is 31.2 Å². The normalized spacial score (nSPS) is 12.1. The molecule has 0 aliphatic carbocycles. The molecule has 0 heterocycles. The van der Waals surface area contributed by atoms with E-state index in [-0.39, 0.29) is 18.5 Å². The van der Waals surface area contributed by atoms with E-state index in [1.165, 1.54) is 4.90 Å². The van der Waals surface area contributed by atoms with Crippen molar-refractivity contribution in [2.75, 3.05) is 17.1 Å². The van der Waals surface area contributed by atoms with Gasteiger partial charge in [-0.1, -0.05) is 58.4 Å². The van der Waals surface area contributed by atoms with Gasteiger partial charge in [0.15, 0.2) is 0 Å². The highest BCUT2D eigenvalue weighted by molar-refractivity contribution is 9.10. The van der Waals surface area contributed by atoms with E-state index >= 15 is 0 Å². The molecule has 8 nitrogen and oxygen atoms in total. The largest absolute Gasteiger partial charge is 0.489 e. The van der Waals surface area contributed by atoms with E-state index in [1.807, 2.05) is 68.4 Å². The third kappa shape index (κ3) is 9.11. The molecule has 3 rings (SSSR count). The van der Waals surface area contributed by atoms with E-state index in [9.17, 15) is 18.0 Å². The van der Waals surface area contributed by atoms with Crippen molar-refractivity contribution in [3.63, 3.8) is 0 Å². The molecule has 0 radical (unpaired) electrons. The second-order valence-corrected chi connectivity index (χ2v) is 12.3. The topological polar surface area (TPSA) is 96.0 Å². The zero-order chi connectivity index (χ0) is 28.6. The Morgan fingerprint density at radius 3 is 2.08 bits per heavy atom. The second kappa shape index (κ2) is 13.6. The van der Waals surface area contributed by atoms with Gasteiger partial charge in [0.05, 0.1) is 11.9 Å². The maximum atomic E-state index is 13.6. The summed E-state index contributed by atoms with van der Waals surface area (Å²) < 4.78 is 33.3. The summed E-state index contributed by atoms with van der Waals surface area (Å²) in [5.41, 5.74) is 2.13. The fourth-order valence-electron chi connectivity index (χ4n) is 3.84. The first kappa shape index (κ1) is 30.2. The molecule has 0 saturated carbocycles. The molecule has 0 bridgehead atoms. The molecule has 39 heavy (non-hydrogen) atoms. The van der Waals surface area contributed by atoms with E-state index in [0.29, 0.717) is 18.0 Å². The number of ether oxygens (including phenoxy) is 1. The van der Waals surface area contributed by atoms with Crippen molar-refractivity contribution in [1.29, 1.82) is 0 Å². The monoisotopic (exact) mass is 615 g/mol. The Balaban J connectivity index is 1.81. The Kier molecular flexibility index (Phi) is 10.5. The Bertz CT molecular complexity index is 1350. The molecule has 3 aromatic rings. The minimum Gasteiger partial charge on any atom is -0.489 e. The maximum Gasteiger partial charge on any atom is 0.244 e. The Morgan fingerprint density at radius 1 is 0.897 bits per heavy atom. The van der Waals surface area contributed by atoms with Crippen molar-refractivity contribution in [3.8, 4) is 5.75 Å². The molecule has 0 aliphatic heterocycles. The molecular weight excluding hydrogens is 582 g/mol. The molecule has 0 aliphatic rings. The number of anilines is 1. The van der Waals surface area contributed by atoms with Crippen LogP contribution >= 0.6 is 15.9 Å². The van der Waals surface area contributed by atoms with Gasteiger partial charge in [0.1, 0.15) is 24.9 Å². The van der Waals surface area contributed by atoms with Crippen LogP contribution in [0, 0.1) is 0 Å². The van der Waals surface area contributed by atoms with Crippen molar-refractivity contribution < 1.29 is 22.7 Å². The molecule has 208 valence electrons. The van der Waals surface area contributed by atoms with Gasteiger partial charge < -0.3 is 15.0 Å². The zero-order valence-corrected chi connectivity index (χ0v) is 24.9. The van der Waals surface area contributed by atoms with Gasteiger partial charge in [-0.2, -0.15) is 0 Å². The molecule has 0 aromatic heterocycles. The fourth-order valence-corrected chi connectivity index (χ4v) is 4.95. The van der Waals surface area contributed by atoms with Gasteiger partial charge in [0, 0.05) is 17.1 Å². The summed E-state index contributed by atoms with van der Waals surface area (Å²) >= 11 is 3.40. The lowest BCUT2D eigenvalue weighted by Crippen LogP contribution is -2.52. The lowest BCUT2D eigenvalue weighted by Gasteiger charge is -2.32. The number of amides is 2. The van der Waals surface area contributed by atoms with Crippen LogP contribution in [-0.4, -0.2) is 50.0 Å². The van der Waals surface area contributed by atoms with Gasteiger partial charge in [0.2, 0.25) is 21.8 Å². The predicted octanol–water partition coefficient (Wildman–Crippen LogP) is 4.74. The van der Waals surface area contributed by atoms with Gasteiger partial charge in [-0.05, 0) is 68.3 Å². The first-order valence-electron chi connectivity index (χ1n) is 12.5. The summed E-state index contributed by atoms with van der Waals surface area (Å²) in [5.74, 6) is -0.251. The van der Waals surface area contributed by atoms with Crippen molar-refractivity contribution in [2.24, 2.45) is 0 Å². The van der Waals surface area contributed by atoms with Crippen molar-refractivity contribution in [2.45, 2.75) is 46.0 Å². The summed E-state index contributed by atoms with van der Waals surface area (Å²) in [6, 6.07) is 22.7. The summed E-state index contributed by atoms with van der Waals surface area (Å²) in [4.78, 5) is 27.8. The van der Waals surface area contributed by atoms with Gasteiger partial charge >= 0.3 is 0 Å². The molecule has 2 amide bonds. The number of halogens is 1. The van der Waals surface area contributed by atoms with Crippen molar-refractivity contribution >= 4 is 43.5 Å². The van der Waals surface area contributed by atoms with E-state index in [4.69, 9.17) is 4.74 Å². The SMILES string of the molecule is CC(C)NC(=O)C(C)N(Cc1ccc(Br)cc1)C(=O)CN(c1ccc(OCc2ccccc2)cc1)S(C)(=O)=O. The lowest BCUT2D eigenvalue weighted by atomic mass is 10.1.